The van der Waals surface area contributed by atoms with E-state index in [2.05, 4.69) is 16.8 Å². The van der Waals surface area contributed by atoms with Crippen molar-refractivity contribution in [1.82, 2.24) is 14.9 Å². The molecule has 0 aliphatic carbocycles. The van der Waals surface area contributed by atoms with Crippen molar-refractivity contribution in [2.45, 2.75) is 39.2 Å². The van der Waals surface area contributed by atoms with Crippen LogP contribution in [0.5, 0.6) is 11.6 Å². The Kier molecular flexibility index (Phi) is 5.21. The average Bonchev–Trinajstić information content (AvgIpc) is 3.27. The van der Waals surface area contributed by atoms with Crippen molar-refractivity contribution in [3.05, 3.63) is 60.1 Å². The maximum Gasteiger partial charge on any atom is 0.228 e. The van der Waals surface area contributed by atoms with Crippen molar-refractivity contribution in [2.75, 3.05) is 13.1 Å². The Morgan fingerprint density at radius 1 is 1.19 bits per heavy atom. The molecule has 140 valence electrons. The standard InChI is InChI=1S/C22H25N3O2/c1-16-7-6-13-25(16)14-12-20-17(2)26-22(24-20)18-10-11-21(23-15-18)27-19-8-4-3-5-9-19/h3-5,8-11,15-16H,6-7,12-14H2,1-2H3. The number of benzene rings is 1. The van der Waals surface area contributed by atoms with E-state index in [0.29, 0.717) is 17.8 Å². The number of ether oxygens (including phenoxy) is 1. The predicted molar refractivity (Wildman–Crippen MR) is 105 cm³/mol. The van der Waals surface area contributed by atoms with Crippen molar-refractivity contribution < 1.29 is 9.15 Å². The fourth-order valence-electron chi connectivity index (χ4n) is 3.53. The van der Waals surface area contributed by atoms with E-state index in [4.69, 9.17) is 14.1 Å². The summed E-state index contributed by atoms with van der Waals surface area (Å²) in [4.78, 5) is 11.6. The number of para-hydroxylation sites is 1. The molecule has 1 saturated heterocycles. The van der Waals surface area contributed by atoms with E-state index in [0.717, 1.165) is 35.7 Å². The van der Waals surface area contributed by atoms with Gasteiger partial charge in [-0.25, -0.2) is 9.97 Å². The number of oxazole rings is 1. The van der Waals surface area contributed by atoms with Crippen LogP contribution in [0.3, 0.4) is 0 Å². The van der Waals surface area contributed by atoms with Crippen LogP contribution in [-0.4, -0.2) is 34.0 Å². The third-order valence-corrected chi connectivity index (χ3v) is 5.17. The fraction of sp³-hybridized carbons (Fsp3) is 0.364. The molecule has 3 aromatic rings. The molecule has 3 heterocycles. The van der Waals surface area contributed by atoms with Gasteiger partial charge in [0, 0.05) is 31.3 Å². The molecule has 2 aromatic heterocycles. The monoisotopic (exact) mass is 363 g/mol. The summed E-state index contributed by atoms with van der Waals surface area (Å²) in [7, 11) is 0. The number of aromatic nitrogens is 2. The van der Waals surface area contributed by atoms with Crippen LogP contribution in [0, 0.1) is 6.92 Å². The zero-order chi connectivity index (χ0) is 18.6. The largest absolute Gasteiger partial charge is 0.441 e. The van der Waals surface area contributed by atoms with Crippen LogP contribution < -0.4 is 4.74 Å². The van der Waals surface area contributed by atoms with Crippen LogP contribution >= 0.6 is 0 Å². The lowest BCUT2D eigenvalue weighted by Gasteiger charge is -2.20. The number of aryl methyl sites for hydroxylation is 1. The molecule has 1 atom stereocenters. The molecule has 0 N–H and O–H groups in total. The molecule has 0 bridgehead atoms. The fourth-order valence-corrected chi connectivity index (χ4v) is 3.53. The number of nitrogens with zero attached hydrogens (tertiary/aromatic N) is 3. The molecule has 0 spiro atoms. The maximum absolute atomic E-state index is 5.89. The van der Waals surface area contributed by atoms with Gasteiger partial charge in [-0.05, 0) is 51.4 Å². The summed E-state index contributed by atoms with van der Waals surface area (Å²) in [6, 6.07) is 14.1. The maximum atomic E-state index is 5.89. The molecule has 1 fully saturated rings. The number of likely N-dealkylation sites (tertiary alicyclic amines) is 1. The Hall–Kier alpha value is -2.66. The number of hydrogen-bond donors (Lipinski definition) is 0. The second-order valence-corrected chi connectivity index (χ2v) is 7.10. The molecule has 1 unspecified atom stereocenters. The quantitative estimate of drug-likeness (QED) is 0.626. The summed E-state index contributed by atoms with van der Waals surface area (Å²) >= 11 is 0. The van der Waals surface area contributed by atoms with Crippen molar-refractivity contribution in [3.63, 3.8) is 0 Å². The lowest BCUT2D eigenvalue weighted by molar-refractivity contribution is 0.271. The van der Waals surface area contributed by atoms with E-state index in [1.165, 1.54) is 19.4 Å². The highest BCUT2D eigenvalue weighted by atomic mass is 16.5. The van der Waals surface area contributed by atoms with Crippen LogP contribution in [0.1, 0.15) is 31.2 Å². The van der Waals surface area contributed by atoms with Gasteiger partial charge in [0.15, 0.2) is 0 Å². The summed E-state index contributed by atoms with van der Waals surface area (Å²) in [5, 5.41) is 0. The third kappa shape index (κ3) is 4.19. The van der Waals surface area contributed by atoms with Crippen LogP contribution in [0.2, 0.25) is 0 Å². The molecule has 1 aliphatic rings. The minimum Gasteiger partial charge on any atom is -0.441 e. The number of hydrogen-bond acceptors (Lipinski definition) is 5. The molecule has 1 aliphatic heterocycles. The van der Waals surface area contributed by atoms with Gasteiger partial charge in [0.2, 0.25) is 11.8 Å². The smallest absolute Gasteiger partial charge is 0.228 e. The van der Waals surface area contributed by atoms with Gasteiger partial charge in [0.05, 0.1) is 11.3 Å². The molecule has 1 aromatic carbocycles. The zero-order valence-electron chi connectivity index (χ0n) is 15.9. The van der Waals surface area contributed by atoms with E-state index < -0.39 is 0 Å². The van der Waals surface area contributed by atoms with Crippen molar-refractivity contribution in [3.8, 4) is 23.1 Å². The first kappa shape index (κ1) is 17.7. The predicted octanol–water partition coefficient (Wildman–Crippen LogP) is 4.86. The normalized spacial score (nSPS) is 17.3. The van der Waals surface area contributed by atoms with Gasteiger partial charge in [-0.2, -0.15) is 0 Å². The van der Waals surface area contributed by atoms with Crippen molar-refractivity contribution in [1.29, 1.82) is 0 Å². The Morgan fingerprint density at radius 3 is 2.74 bits per heavy atom. The van der Waals surface area contributed by atoms with E-state index in [1.807, 2.05) is 49.4 Å². The van der Waals surface area contributed by atoms with Gasteiger partial charge in [0.25, 0.3) is 0 Å². The van der Waals surface area contributed by atoms with Gasteiger partial charge in [-0.3, -0.25) is 0 Å². The molecular weight excluding hydrogens is 338 g/mol. The molecule has 0 radical (unpaired) electrons. The summed E-state index contributed by atoms with van der Waals surface area (Å²) in [5.74, 6) is 2.83. The topological polar surface area (TPSA) is 51.4 Å². The van der Waals surface area contributed by atoms with Gasteiger partial charge in [-0.15, -0.1) is 0 Å². The minimum atomic E-state index is 0.552. The average molecular weight is 363 g/mol. The lowest BCUT2D eigenvalue weighted by atomic mass is 10.2. The Labute approximate surface area is 160 Å². The second-order valence-electron chi connectivity index (χ2n) is 7.10. The van der Waals surface area contributed by atoms with E-state index in [-0.39, 0.29) is 0 Å². The van der Waals surface area contributed by atoms with Crippen LogP contribution in [0.15, 0.2) is 53.1 Å². The summed E-state index contributed by atoms with van der Waals surface area (Å²) < 4.78 is 11.6. The number of rotatable bonds is 6. The summed E-state index contributed by atoms with van der Waals surface area (Å²) in [5.41, 5.74) is 1.90. The first-order valence-corrected chi connectivity index (χ1v) is 9.59. The van der Waals surface area contributed by atoms with E-state index >= 15 is 0 Å². The molecule has 5 heteroatoms. The first-order valence-electron chi connectivity index (χ1n) is 9.59. The second kappa shape index (κ2) is 7.92. The van der Waals surface area contributed by atoms with Crippen LogP contribution in [0.4, 0.5) is 0 Å². The Bertz CT molecular complexity index is 874. The van der Waals surface area contributed by atoms with E-state index in [1.54, 1.807) is 6.20 Å². The molecular formula is C22H25N3O2. The molecule has 4 rings (SSSR count). The molecule has 27 heavy (non-hydrogen) atoms. The zero-order valence-corrected chi connectivity index (χ0v) is 15.9. The van der Waals surface area contributed by atoms with Gasteiger partial charge in [0.1, 0.15) is 11.5 Å². The van der Waals surface area contributed by atoms with Gasteiger partial charge in [-0.1, -0.05) is 18.2 Å². The van der Waals surface area contributed by atoms with Gasteiger partial charge < -0.3 is 14.1 Å². The number of pyridine rings is 1. The Balaban J connectivity index is 1.42. The highest BCUT2D eigenvalue weighted by Crippen LogP contribution is 2.25. The summed E-state index contributed by atoms with van der Waals surface area (Å²) in [6.07, 6.45) is 5.26. The highest BCUT2D eigenvalue weighted by Gasteiger charge is 2.21. The van der Waals surface area contributed by atoms with Crippen molar-refractivity contribution in [2.24, 2.45) is 0 Å². The highest BCUT2D eigenvalue weighted by molar-refractivity contribution is 5.53. The van der Waals surface area contributed by atoms with Crippen molar-refractivity contribution >= 4 is 0 Å². The SMILES string of the molecule is Cc1oc(-c2ccc(Oc3ccccc3)nc2)nc1CCN1CCCC1C. The molecule has 0 saturated carbocycles. The minimum absolute atomic E-state index is 0.552. The van der Waals surface area contributed by atoms with Crippen LogP contribution in [-0.2, 0) is 6.42 Å². The first-order chi connectivity index (χ1) is 13.2. The molecule has 0 amide bonds. The molecule has 5 nitrogen and oxygen atoms in total. The Morgan fingerprint density at radius 2 is 2.04 bits per heavy atom. The third-order valence-electron chi connectivity index (χ3n) is 5.17. The van der Waals surface area contributed by atoms with Crippen LogP contribution in [0.25, 0.3) is 11.5 Å². The van der Waals surface area contributed by atoms with Gasteiger partial charge >= 0.3 is 0 Å². The summed E-state index contributed by atoms with van der Waals surface area (Å²) in [6.45, 7) is 6.52. The van der Waals surface area contributed by atoms with E-state index in [9.17, 15) is 0 Å². The lowest BCUT2D eigenvalue weighted by Crippen LogP contribution is -2.29.